The molecular weight excluding hydrogens is 604 g/mol. The minimum absolute atomic E-state index is 0. The quantitative estimate of drug-likeness (QED) is 0.247. The van der Waals surface area contributed by atoms with Gasteiger partial charge < -0.3 is 94.3 Å². The van der Waals surface area contributed by atoms with Gasteiger partial charge in [-0.25, -0.2) is 0 Å². The topological polar surface area (TPSA) is 473 Å². The molecule has 20 heteroatoms. The monoisotopic (exact) mass is 622 g/mol. The smallest absolute Gasteiger partial charge is 0.652 e. The van der Waals surface area contributed by atoms with E-state index >= 15 is 0 Å². The third-order valence-corrected chi connectivity index (χ3v) is 0. The van der Waals surface area contributed by atoms with Gasteiger partial charge in [-0.05, 0) is 18.5 Å². The zero-order chi connectivity index (χ0) is 10.7. The van der Waals surface area contributed by atoms with Crippen molar-refractivity contribution in [2.24, 2.45) is 0 Å². The van der Waals surface area contributed by atoms with Gasteiger partial charge >= 0.3 is 83.5 Å². The molecule has 146 valence electrons. The van der Waals surface area contributed by atoms with E-state index in [-0.39, 0.29) is 133 Å². The molecule has 23 heavy (non-hydrogen) atoms. The molecule has 0 fully saturated rings. The predicted molar refractivity (Wildman–Crippen MR) is 48.7 cm³/mol. The standard InChI is InChI=1S/3CH2O3.2Ce.9H2O/c3*2-1(3)4;;;;;;;;;;;/h3*(H2,2,3,4);;;9*1H2/q;;;2*+3;;;;;;;;;/p-6. The van der Waals surface area contributed by atoms with Gasteiger partial charge in [-0.3, -0.25) is 0 Å². The summed E-state index contributed by atoms with van der Waals surface area (Å²) in [7, 11) is 0. The average Bonchev–Trinajstić information content (AvgIpc) is 1.54. The Balaban J connectivity index is -0.00000000355. The Morgan fingerprint density at radius 2 is 0.348 bits per heavy atom. The zero-order valence-electron chi connectivity index (χ0n) is 10.7. The number of hydrogen-bond donors (Lipinski definition) is 0. The minimum atomic E-state index is -2.33. The van der Waals surface area contributed by atoms with Crippen LogP contribution in [-0.4, -0.2) is 67.8 Å². The van der Waals surface area contributed by atoms with Crippen molar-refractivity contribution in [2.45, 2.75) is 0 Å². The third kappa shape index (κ3) is 219000. The maximum Gasteiger partial charge on any atom is 3.00 e. The summed E-state index contributed by atoms with van der Waals surface area (Å²) in [4.78, 5) is 25.0. The summed E-state index contributed by atoms with van der Waals surface area (Å²) in [5.41, 5.74) is 0. The van der Waals surface area contributed by atoms with Crippen molar-refractivity contribution >= 4 is 18.5 Å². The third-order valence-electron chi connectivity index (χ3n) is 0. The van der Waals surface area contributed by atoms with Crippen LogP contribution in [0.2, 0.25) is 0 Å². The summed E-state index contributed by atoms with van der Waals surface area (Å²) in [6.07, 6.45) is -7.00. The molecule has 0 atom stereocenters. The van der Waals surface area contributed by atoms with Gasteiger partial charge in [0.2, 0.25) is 0 Å². The van der Waals surface area contributed by atoms with Gasteiger partial charge in [-0.2, -0.15) is 0 Å². The van der Waals surface area contributed by atoms with E-state index in [0.29, 0.717) is 0 Å². The van der Waals surface area contributed by atoms with Crippen LogP contribution in [0.3, 0.4) is 0 Å². The summed E-state index contributed by atoms with van der Waals surface area (Å²) < 4.78 is 0. The molecule has 2 radical (unpaired) electrons. The Hall–Kier alpha value is 0.203. The molecular formula is C3H18Ce2O18. The van der Waals surface area contributed by atoms with E-state index < -0.39 is 18.5 Å². The van der Waals surface area contributed by atoms with Crippen molar-refractivity contribution in [1.29, 1.82) is 0 Å². The second kappa shape index (κ2) is 118. The van der Waals surface area contributed by atoms with Gasteiger partial charge in [0, 0.05) is 0 Å². The predicted octanol–water partition coefficient (Wildman–Crippen LogP) is -14.8. The van der Waals surface area contributed by atoms with Crippen LogP contribution in [0.1, 0.15) is 0 Å². The van der Waals surface area contributed by atoms with Gasteiger partial charge in [0.25, 0.3) is 0 Å². The van der Waals surface area contributed by atoms with Crippen LogP contribution in [0.25, 0.3) is 0 Å². The molecule has 0 unspecified atom stereocenters. The molecule has 0 aliphatic rings. The molecule has 0 aliphatic carbocycles. The number of carbonyl (C=O) groups is 3. The van der Waals surface area contributed by atoms with Crippen molar-refractivity contribution in [3.8, 4) is 0 Å². The molecule has 0 bridgehead atoms. The molecule has 0 heterocycles. The summed E-state index contributed by atoms with van der Waals surface area (Å²) >= 11 is 0. The fraction of sp³-hybridized carbons (Fsp3) is 0. The van der Waals surface area contributed by atoms with Crippen LogP contribution in [0.15, 0.2) is 0 Å². The normalized spacial score (nSPS) is 3.13. The fourth-order valence-electron chi connectivity index (χ4n) is 0. The molecule has 18 N–H and O–H groups in total. The van der Waals surface area contributed by atoms with E-state index in [0.717, 1.165) is 0 Å². The van der Waals surface area contributed by atoms with Gasteiger partial charge in [0.05, 0.1) is 0 Å². The van der Waals surface area contributed by atoms with Gasteiger partial charge in [-0.15, -0.1) is 0 Å². The van der Waals surface area contributed by atoms with Crippen molar-refractivity contribution in [1.82, 2.24) is 0 Å². The molecule has 0 amide bonds. The second-order valence-electron chi connectivity index (χ2n) is 0.750. The number of rotatable bonds is 0. The van der Waals surface area contributed by atoms with Crippen LogP contribution >= 0.6 is 0 Å². The Labute approximate surface area is 194 Å². The first-order chi connectivity index (χ1) is 5.20. The largest absolute Gasteiger partial charge is 3.00 e. The average molecular weight is 622 g/mol. The molecule has 0 rings (SSSR count). The maximum atomic E-state index is 8.33. The van der Waals surface area contributed by atoms with Crippen molar-refractivity contribution in [3.05, 3.63) is 0 Å². The molecule has 18 nitrogen and oxygen atoms in total. The summed E-state index contributed by atoms with van der Waals surface area (Å²) in [6, 6.07) is 0. The fourth-order valence-corrected chi connectivity index (χ4v) is 0. The summed E-state index contributed by atoms with van der Waals surface area (Å²) in [5, 5.41) is 50.0. The Morgan fingerprint density at radius 1 is 0.348 bits per heavy atom. The Bertz CT molecular complexity index is 120. The van der Waals surface area contributed by atoms with Crippen molar-refractivity contribution in [2.75, 3.05) is 0 Å². The van der Waals surface area contributed by atoms with E-state index in [1.165, 1.54) is 0 Å². The number of carbonyl (C=O) groups excluding carboxylic acids is 3. The van der Waals surface area contributed by atoms with Gasteiger partial charge in [-0.1, -0.05) is 0 Å². The molecule has 0 aliphatic heterocycles. The van der Waals surface area contributed by atoms with E-state index in [1.807, 2.05) is 0 Å². The minimum Gasteiger partial charge on any atom is -0.652 e. The van der Waals surface area contributed by atoms with E-state index in [2.05, 4.69) is 0 Å². The first-order valence-corrected chi connectivity index (χ1v) is 1.84. The molecule has 0 aromatic rings. The number of hydrogen-bond acceptors (Lipinski definition) is 9. The molecule has 0 aromatic carbocycles. The van der Waals surface area contributed by atoms with Crippen LogP contribution in [0, 0.1) is 83.5 Å². The Kier molecular flexibility index (Phi) is 692. The van der Waals surface area contributed by atoms with E-state index in [4.69, 9.17) is 45.0 Å². The zero-order valence-corrected chi connectivity index (χ0v) is 17.0. The van der Waals surface area contributed by atoms with Crippen molar-refractivity contribution < 1.29 is 178 Å². The summed E-state index contributed by atoms with van der Waals surface area (Å²) in [5.74, 6) is 0. The van der Waals surface area contributed by atoms with Gasteiger partial charge in [0.15, 0.2) is 0 Å². The molecule has 0 aromatic heterocycles. The van der Waals surface area contributed by atoms with Crippen LogP contribution in [0.5, 0.6) is 0 Å². The van der Waals surface area contributed by atoms with Gasteiger partial charge in [0.1, 0.15) is 0 Å². The first-order valence-electron chi connectivity index (χ1n) is 1.84. The molecule has 0 saturated carbocycles. The Morgan fingerprint density at radius 3 is 0.348 bits per heavy atom. The van der Waals surface area contributed by atoms with Crippen molar-refractivity contribution in [3.63, 3.8) is 0 Å². The SMILES string of the molecule is O.O.O.O.O.O.O.O.O.O=C([O-])[O-].O=C([O-])[O-].O=C([O-])[O-].[Ce+3].[Ce+3]. The first kappa shape index (κ1) is 135. The van der Waals surface area contributed by atoms with E-state index in [1.54, 1.807) is 0 Å². The van der Waals surface area contributed by atoms with Crippen LogP contribution < -0.4 is 30.6 Å². The van der Waals surface area contributed by atoms with Crippen LogP contribution in [0.4, 0.5) is 14.4 Å². The molecule has 0 spiro atoms. The number of carboxylic acid groups (broad SMARTS) is 6. The maximum absolute atomic E-state index is 8.33. The molecule has 0 saturated heterocycles. The van der Waals surface area contributed by atoms with E-state index in [9.17, 15) is 0 Å². The van der Waals surface area contributed by atoms with Crippen LogP contribution in [-0.2, 0) is 0 Å². The summed E-state index contributed by atoms with van der Waals surface area (Å²) in [6.45, 7) is 0. The second-order valence-corrected chi connectivity index (χ2v) is 0.750.